The summed E-state index contributed by atoms with van der Waals surface area (Å²) in [6.45, 7) is 8.52. The molecule has 1 amide bonds. The average molecular weight is 340 g/mol. The minimum absolute atomic E-state index is 0.132. The first kappa shape index (κ1) is 17.9. The number of carbonyl (C=O) groups is 1. The smallest absolute Gasteiger partial charge is 0.251 e. The van der Waals surface area contributed by atoms with Crippen LogP contribution in [0, 0.1) is 0 Å². The van der Waals surface area contributed by atoms with E-state index in [0.717, 1.165) is 0 Å². The monoisotopic (exact) mass is 340 g/mol. The molecule has 0 radical (unpaired) electrons. The Morgan fingerprint density at radius 2 is 2.04 bits per heavy atom. The van der Waals surface area contributed by atoms with Crippen LogP contribution in [0.4, 0.5) is 0 Å². The molecular weight excluding hydrogens is 316 g/mol. The molecule has 23 heavy (non-hydrogen) atoms. The zero-order chi connectivity index (χ0) is 17.3. The molecule has 1 unspecified atom stereocenters. The van der Waals surface area contributed by atoms with Crippen molar-refractivity contribution in [1.82, 2.24) is 9.62 Å². The molecule has 1 heterocycles. The normalized spacial score (nSPS) is 20.3. The van der Waals surface area contributed by atoms with Crippen molar-refractivity contribution in [2.24, 2.45) is 0 Å². The van der Waals surface area contributed by atoms with Gasteiger partial charge < -0.3 is 10.1 Å². The molecule has 1 aromatic rings. The first-order valence-corrected chi connectivity index (χ1v) is 9.07. The van der Waals surface area contributed by atoms with Gasteiger partial charge in [0.2, 0.25) is 10.0 Å². The summed E-state index contributed by atoms with van der Waals surface area (Å²) in [5.74, 6) is -0.287. The maximum absolute atomic E-state index is 12.8. The summed E-state index contributed by atoms with van der Waals surface area (Å²) in [7, 11) is -3.64. The molecule has 0 bridgehead atoms. The third-order valence-electron chi connectivity index (χ3n) is 3.50. The number of rotatable bonds is 3. The van der Waals surface area contributed by atoms with Gasteiger partial charge in [-0.15, -0.1) is 0 Å². The van der Waals surface area contributed by atoms with E-state index in [0.29, 0.717) is 25.3 Å². The van der Waals surface area contributed by atoms with Crippen LogP contribution in [0.1, 0.15) is 38.1 Å². The Kier molecular flexibility index (Phi) is 5.13. The van der Waals surface area contributed by atoms with Crippen LogP contribution in [0.3, 0.4) is 0 Å². The highest BCUT2D eigenvalue weighted by Gasteiger charge is 2.31. The second kappa shape index (κ2) is 6.59. The third-order valence-corrected chi connectivity index (χ3v) is 5.51. The lowest BCUT2D eigenvalue weighted by atomic mass is 10.1. The van der Waals surface area contributed by atoms with Crippen LogP contribution < -0.4 is 5.32 Å². The minimum atomic E-state index is -3.64. The van der Waals surface area contributed by atoms with Crippen LogP contribution in [-0.2, 0) is 14.8 Å². The number of carbonyl (C=O) groups excluding carboxylic acids is 1. The van der Waals surface area contributed by atoms with Crippen molar-refractivity contribution in [2.75, 3.05) is 19.8 Å². The molecule has 128 valence electrons. The van der Waals surface area contributed by atoms with E-state index in [4.69, 9.17) is 4.74 Å². The van der Waals surface area contributed by atoms with Gasteiger partial charge in [-0.3, -0.25) is 4.79 Å². The van der Waals surface area contributed by atoms with E-state index >= 15 is 0 Å². The van der Waals surface area contributed by atoms with Gasteiger partial charge >= 0.3 is 0 Å². The molecule has 0 aliphatic carbocycles. The third kappa shape index (κ3) is 4.31. The molecule has 7 heteroatoms. The van der Waals surface area contributed by atoms with E-state index in [1.54, 1.807) is 12.1 Å². The lowest BCUT2D eigenvalue weighted by Crippen LogP contribution is -2.47. The second-order valence-corrected chi connectivity index (χ2v) is 8.66. The minimum Gasteiger partial charge on any atom is -0.378 e. The van der Waals surface area contributed by atoms with Crippen LogP contribution >= 0.6 is 0 Å². The fourth-order valence-electron chi connectivity index (χ4n) is 2.41. The van der Waals surface area contributed by atoms with Gasteiger partial charge in [0.05, 0.1) is 18.1 Å². The molecule has 0 saturated carbocycles. The predicted octanol–water partition coefficient (Wildman–Crippen LogP) is 1.62. The Hall–Kier alpha value is -1.44. The van der Waals surface area contributed by atoms with Crippen molar-refractivity contribution in [3.63, 3.8) is 0 Å². The number of hydrogen-bond acceptors (Lipinski definition) is 4. The lowest BCUT2D eigenvalue weighted by molar-refractivity contribution is 0.0392. The Balaban J connectivity index is 2.30. The molecule has 2 rings (SSSR count). The second-order valence-electron chi connectivity index (χ2n) is 6.77. The summed E-state index contributed by atoms with van der Waals surface area (Å²) in [6, 6.07) is 5.93. The lowest BCUT2D eigenvalue weighted by Gasteiger charge is -2.32. The van der Waals surface area contributed by atoms with Gasteiger partial charge in [-0.25, -0.2) is 8.42 Å². The van der Waals surface area contributed by atoms with Crippen LogP contribution in [-0.4, -0.2) is 50.0 Å². The molecule has 1 fully saturated rings. The van der Waals surface area contributed by atoms with Crippen molar-refractivity contribution in [3.8, 4) is 0 Å². The Morgan fingerprint density at radius 3 is 2.65 bits per heavy atom. The molecule has 0 aromatic heterocycles. The van der Waals surface area contributed by atoms with E-state index in [2.05, 4.69) is 5.32 Å². The highest BCUT2D eigenvalue weighted by atomic mass is 32.2. The molecule has 1 aliphatic heterocycles. The first-order valence-electron chi connectivity index (χ1n) is 7.63. The fourth-order valence-corrected chi connectivity index (χ4v) is 4.06. The fraction of sp³-hybridized carbons (Fsp3) is 0.562. The SMILES string of the molecule is CC1COCCN1S(=O)(=O)c1cccc(C(=O)NC(C)(C)C)c1. The molecule has 1 aliphatic rings. The molecule has 1 saturated heterocycles. The topological polar surface area (TPSA) is 75.7 Å². The first-order chi connectivity index (χ1) is 10.6. The summed E-state index contributed by atoms with van der Waals surface area (Å²) >= 11 is 0. The van der Waals surface area contributed by atoms with E-state index in [1.165, 1.54) is 16.4 Å². The predicted molar refractivity (Wildman–Crippen MR) is 87.8 cm³/mol. The van der Waals surface area contributed by atoms with Gasteiger partial charge in [0.1, 0.15) is 0 Å². The van der Waals surface area contributed by atoms with Gasteiger partial charge in [-0.05, 0) is 45.9 Å². The Labute approximate surface area is 137 Å². The van der Waals surface area contributed by atoms with Crippen molar-refractivity contribution in [2.45, 2.75) is 44.2 Å². The van der Waals surface area contributed by atoms with Gasteiger partial charge in [0, 0.05) is 23.7 Å². The highest BCUT2D eigenvalue weighted by Crippen LogP contribution is 2.21. The van der Waals surface area contributed by atoms with Crippen LogP contribution in [0.2, 0.25) is 0 Å². The van der Waals surface area contributed by atoms with Gasteiger partial charge in [-0.1, -0.05) is 6.07 Å². The van der Waals surface area contributed by atoms with Crippen molar-refractivity contribution < 1.29 is 17.9 Å². The zero-order valence-corrected chi connectivity index (χ0v) is 14.8. The standard InChI is InChI=1S/C16H24N2O4S/c1-12-11-22-9-8-18(12)23(20,21)14-7-5-6-13(10-14)15(19)17-16(2,3)4/h5-7,10,12H,8-9,11H2,1-4H3,(H,17,19). The summed E-state index contributed by atoms with van der Waals surface area (Å²) < 4.78 is 32.3. The van der Waals surface area contributed by atoms with Crippen molar-refractivity contribution in [1.29, 1.82) is 0 Å². The Bertz CT molecular complexity index is 680. The number of benzene rings is 1. The number of sulfonamides is 1. The van der Waals surface area contributed by atoms with Crippen LogP contribution in [0.5, 0.6) is 0 Å². The number of nitrogens with one attached hydrogen (secondary N) is 1. The quantitative estimate of drug-likeness (QED) is 0.907. The number of nitrogens with zero attached hydrogens (tertiary/aromatic N) is 1. The summed E-state index contributed by atoms with van der Waals surface area (Å²) in [4.78, 5) is 12.4. The number of morpholine rings is 1. The molecule has 6 nitrogen and oxygen atoms in total. The molecule has 1 atom stereocenters. The number of hydrogen-bond donors (Lipinski definition) is 1. The summed E-state index contributed by atoms with van der Waals surface area (Å²) in [5.41, 5.74) is -0.0491. The maximum atomic E-state index is 12.8. The number of ether oxygens (including phenoxy) is 1. The number of amides is 1. The molecule has 1 N–H and O–H groups in total. The Morgan fingerprint density at radius 1 is 1.35 bits per heavy atom. The van der Waals surface area contributed by atoms with Gasteiger partial charge in [0.15, 0.2) is 0 Å². The largest absolute Gasteiger partial charge is 0.378 e. The van der Waals surface area contributed by atoms with Crippen molar-refractivity contribution >= 4 is 15.9 Å². The van der Waals surface area contributed by atoms with E-state index < -0.39 is 10.0 Å². The average Bonchev–Trinajstić information content (AvgIpc) is 2.46. The van der Waals surface area contributed by atoms with E-state index in [1.807, 2.05) is 27.7 Å². The van der Waals surface area contributed by atoms with Gasteiger partial charge in [-0.2, -0.15) is 4.31 Å². The maximum Gasteiger partial charge on any atom is 0.251 e. The molecule has 1 aromatic carbocycles. The molecule has 0 spiro atoms. The van der Waals surface area contributed by atoms with Gasteiger partial charge in [0.25, 0.3) is 5.91 Å². The van der Waals surface area contributed by atoms with Crippen LogP contribution in [0.15, 0.2) is 29.2 Å². The van der Waals surface area contributed by atoms with E-state index in [9.17, 15) is 13.2 Å². The highest BCUT2D eigenvalue weighted by molar-refractivity contribution is 7.89. The summed E-state index contributed by atoms with van der Waals surface area (Å²) in [6.07, 6.45) is 0. The molecular formula is C16H24N2O4S. The zero-order valence-electron chi connectivity index (χ0n) is 14.0. The van der Waals surface area contributed by atoms with Crippen LogP contribution in [0.25, 0.3) is 0 Å². The summed E-state index contributed by atoms with van der Waals surface area (Å²) in [5, 5.41) is 2.84. The van der Waals surface area contributed by atoms with E-state index in [-0.39, 0.29) is 22.4 Å². The van der Waals surface area contributed by atoms with Crippen molar-refractivity contribution in [3.05, 3.63) is 29.8 Å².